The van der Waals surface area contributed by atoms with Crippen molar-refractivity contribution < 1.29 is 0 Å². The maximum absolute atomic E-state index is 2.53. The molecule has 1 unspecified atom stereocenters. The molecule has 410 valence electrons. The van der Waals surface area contributed by atoms with Crippen LogP contribution in [0.15, 0.2) is 273 Å². The lowest BCUT2D eigenvalue weighted by molar-refractivity contribution is 0.582. The van der Waals surface area contributed by atoms with Crippen molar-refractivity contribution in [2.75, 3.05) is 9.80 Å². The van der Waals surface area contributed by atoms with Crippen LogP contribution in [-0.4, -0.2) is 0 Å². The van der Waals surface area contributed by atoms with E-state index >= 15 is 0 Å². The number of nitrogens with zero attached hydrogens (tertiary/aromatic N) is 2. The maximum Gasteiger partial charge on any atom is 0.0468 e. The van der Waals surface area contributed by atoms with Gasteiger partial charge in [-0.1, -0.05) is 243 Å². The molecule has 1 atom stereocenters. The molecule has 2 nitrogen and oxygen atoms in total. The first-order valence-corrected chi connectivity index (χ1v) is 30.2. The molecule has 0 saturated carbocycles. The highest BCUT2D eigenvalue weighted by molar-refractivity contribution is 6.25. The fourth-order valence-electron chi connectivity index (χ4n) is 14.0. The maximum atomic E-state index is 2.53. The van der Waals surface area contributed by atoms with Crippen molar-refractivity contribution in [3.05, 3.63) is 300 Å². The molecule has 13 aromatic carbocycles. The number of benzene rings is 13. The summed E-state index contributed by atoms with van der Waals surface area (Å²) in [4.78, 5) is 4.96. The third kappa shape index (κ3) is 8.93. The predicted molar refractivity (Wildman–Crippen MR) is 366 cm³/mol. The summed E-state index contributed by atoms with van der Waals surface area (Å²) >= 11 is 0. The zero-order valence-electron chi connectivity index (χ0n) is 49.6. The van der Waals surface area contributed by atoms with Crippen molar-refractivity contribution in [1.82, 2.24) is 0 Å². The molecule has 0 amide bonds. The minimum Gasteiger partial charge on any atom is -0.310 e. The fraction of sp³-hybridized carbons (Fsp3) is 0.133. The van der Waals surface area contributed by atoms with Gasteiger partial charge in [-0.25, -0.2) is 0 Å². The van der Waals surface area contributed by atoms with E-state index in [-0.39, 0.29) is 16.2 Å². The van der Waals surface area contributed by atoms with Crippen LogP contribution in [0.4, 0.5) is 34.1 Å². The third-order valence-corrected chi connectivity index (χ3v) is 18.4. The first-order valence-electron chi connectivity index (χ1n) is 30.2. The van der Waals surface area contributed by atoms with Crippen LogP contribution in [0.5, 0.6) is 0 Å². The second-order valence-electron chi connectivity index (χ2n) is 26.0. The van der Waals surface area contributed by atoms with E-state index in [9.17, 15) is 0 Å². The van der Waals surface area contributed by atoms with E-state index in [4.69, 9.17) is 0 Å². The Kier molecular flexibility index (Phi) is 12.2. The van der Waals surface area contributed by atoms with Gasteiger partial charge in [-0.15, -0.1) is 0 Å². The summed E-state index contributed by atoms with van der Waals surface area (Å²) in [7, 11) is 0. The molecule has 0 radical (unpaired) electrons. The second kappa shape index (κ2) is 20.0. The number of anilines is 6. The van der Waals surface area contributed by atoms with E-state index in [1.54, 1.807) is 0 Å². The Morgan fingerprint density at radius 1 is 0.329 bits per heavy atom. The number of rotatable bonds is 8. The molecule has 13 aromatic rings. The monoisotopic (exact) mass is 1090 g/mol. The molecule has 0 bridgehead atoms. The molecule has 0 aromatic heterocycles. The van der Waals surface area contributed by atoms with Gasteiger partial charge in [-0.3, -0.25) is 0 Å². The number of hydrogen-bond acceptors (Lipinski definition) is 2. The number of fused-ring (bicyclic) bond motifs is 9. The van der Waals surface area contributed by atoms with Gasteiger partial charge in [0.2, 0.25) is 0 Å². The quantitative estimate of drug-likeness (QED) is 0.111. The van der Waals surface area contributed by atoms with Gasteiger partial charge in [0, 0.05) is 39.5 Å². The first kappa shape index (κ1) is 52.1. The van der Waals surface area contributed by atoms with Crippen LogP contribution >= 0.6 is 0 Å². The van der Waals surface area contributed by atoms with Gasteiger partial charge in [-0.05, 0) is 210 Å². The minimum atomic E-state index is -0.236. The van der Waals surface area contributed by atoms with Gasteiger partial charge in [0.05, 0.1) is 0 Å². The van der Waals surface area contributed by atoms with Crippen LogP contribution in [0, 0.1) is 5.41 Å². The van der Waals surface area contributed by atoms with Crippen molar-refractivity contribution in [3.8, 4) is 11.1 Å². The summed E-state index contributed by atoms with van der Waals surface area (Å²) in [5, 5.41) is 17.2. The van der Waals surface area contributed by atoms with E-state index in [1.165, 1.54) is 114 Å². The Morgan fingerprint density at radius 3 is 1.33 bits per heavy atom. The van der Waals surface area contributed by atoms with Crippen molar-refractivity contribution >= 4 is 110 Å². The van der Waals surface area contributed by atoms with Gasteiger partial charge in [-0.2, -0.15) is 0 Å². The average Bonchev–Trinajstić information content (AvgIpc) is 1.24. The zero-order valence-corrected chi connectivity index (χ0v) is 49.6. The fourth-order valence-corrected chi connectivity index (χ4v) is 14.0. The molecule has 2 aliphatic rings. The molecule has 0 saturated heterocycles. The molecule has 2 heteroatoms. The van der Waals surface area contributed by atoms with Crippen molar-refractivity contribution in [1.29, 1.82) is 0 Å². The van der Waals surface area contributed by atoms with E-state index in [2.05, 4.69) is 331 Å². The third-order valence-electron chi connectivity index (χ3n) is 18.4. The lowest BCUT2D eigenvalue weighted by atomic mass is 9.68. The van der Waals surface area contributed by atoms with Crippen molar-refractivity contribution in [2.45, 2.75) is 65.7 Å². The van der Waals surface area contributed by atoms with Gasteiger partial charge < -0.3 is 9.80 Å². The van der Waals surface area contributed by atoms with E-state index in [1.807, 2.05) is 0 Å². The Hall–Kier alpha value is -9.76. The van der Waals surface area contributed by atoms with Crippen LogP contribution in [-0.2, 0) is 10.8 Å². The average molecular weight is 1090 g/mol. The highest BCUT2D eigenvalue weighted by atomic mass is 15.1. The predicted octanol–water partition coefficient (Wildman–Crippen LogP) is 21.7. The zero-order chi connectivity index (χ0) is 57.8. The highest BCUT2D eigenvalue weighted by Gasteiger charge is 2.34. The Morgan fingerprint density at radius 2 is 0.765 bits per heavy atom. The molecule has 0 N–H and O–H groups in total. The molecule has 0 fully saturated rings. The topological polar surface area (TPSA) is 6.48 Å². The van der Waals surface area contributed by atoms with Crippen LogP contribution < -0.4 is 20.2 Å². The number of hydrogen-bond donors (Lipinski definition) is 0. The smallest absolute Gasteiger partial charge is 0.0468 e. The minimum absolute atomic E-state index is 0.00219. The Balaban J connectivity index is 1.10. The Labute approximate surface area is 499 Å². The Bertz CT molecular complexity index is 5060. The van der Waals surface area contributed by atoms with Gasteiger partial charge in [0.1, 0.15) is 0 Å². The van der Waals surface area contributed by atoms with Crippen molar-refractivity contribution in [2.24, 2.45) is 5.41 Å². The standard InChI is InChI=1S/C83H68N2/c1-81(2,3)59-33-39-61(40-34-59)84(63-37-31-54-20-8-10-22-56(54)48-63)65-44-46-73-75(51-65)79(74-50-58-24-12-13-25-67(58)68-26-14-15-27-69(68)74)72-45-43-66(52-76(72)80(73)77-53-83(7)47-19-18-30-78(83)71-29-17-16-28-70(71)77)85(62-41-35-60(36-42-62)82(4,5)6)64-38-32-55-21-9-11-23-57(55)49-64/h8-52H,53H2,1-7H3. The summed E-state index contributed by atoms with van der Waals surface area (Å²) in [6, 6.07) is 94.3. The summed E-state index contributed by atoms with van der Waals surface area (Å²) in [5.41, 5.74) is 15.5. The summed E-state index contributed by atoms with van der Waals surface area (Å²) in [6.07, 6.45) is 10.1. The lowest BCUT2D eigenvalue weighted by Gasteiger charge is -2.35. The normalized spacial score (nSPS) is 15.1. The van der Waals surface area contributed by atoms with Crippen molar-refractivity contribution in [3.63, 3.8) is 0 Å². The largest absolute Gasteiger partial charge is 0.310 e. The van der Waals surface area contributed by atoms with Gasteiger partial charge >= 0.3 is 0 Å². The molecule has 2 aliphatic carbocycles. The first-order chi connectivity index (χ1) is 41.3. The van der Waals surface area contributed by atoms with Crippen LogP contribution in [0.25, 0.3) is 86.9 Å². The molecule has 0 aliphatic heterocycles. The van der Waals surface area contributed by atoms with Crippen LogP contribution in [0.2, 0.25) is 0 Å². The van der Waals surface area contributed by atoms with E-state index in [0.29, 0.717) is 0 Å². The molecule has 15 rings (SSSR count). The summed E-state index contributed by atoms with van der Waals surface area (Å²) < 4.78 is 0. The molecule has 0 heterocycles. The SMILES string of the molecule is CC12C=CC=CC1=c1ccccc1=C(c1c3cc(N(c4ccc(C(C)(C)C)cc4)c4ccc5ccccc5c4)ccc3c(-c3cc4ccccc4c4ccccc34)c3cc(N(c4ccc(C(C)(C)C)cc4)c4ccc5ccccc5c4)ccc13)C2. The van der Waals surface area contributed by atoms with Gasteiger partial charge in [0.25, 0.3) is 0 Å². The highest BCUT2D eigenvalue weighted by Crippen LogP contribution is 2.52. The summed E-state index contributed by atoms with van der Waals surface area (Å²) in [5.74, 6) is 0. The lowest BCUT2D eigenvalue weighted by Crippen LogP contribution is -2.39. The van der Waals surface area contributed by atoms with Crippen LogP contribution in [0.3, 0.4) is 0 Å². The molecule has 0 spiro atoms. The molecule has 85 heavy (non-hydrogen) atoms. The van der Waals surface area contributed by atoms with Crippen LogP contribution in [0.1, 0.15) is 71.6 Å². The summed E-state index contributed by atoms with van der Waals surface area (Å²) in [6.45, 7) is 16.2. The van der Waals surface area contributed by atoms with E-state index in [0.717, 1.165) is 40.5 Å². The number of allylic oxidation sites excluding steroid dienone is 4. The second-order valence-corrected chi connectivity index (χ2v) is 26.0. The van der Waals surface area contributed by atoms with E-state index < -0.39 is 0 Å². The van der Waals surface area contributed by atoms with Gasteiger partial charge in [0.15, 0.2) is 0 Å². The molecular formula is C83H68N2. The molecular weight excluding hydrogens is 1020 g/mol.